The van der Waals surface area contributed by atoms with Crippen LogP contribution in [0.25, 0.3) is 0 Å². The molecule has 2 aliphatic rings. The molecule has 0 aromatic rings. The van der Waals surface area contributed by atoms with Crippen molar-refractivity contribution < 1.29 is 9.53 Å². The predicted octanol–water partition coefficient (Wildman–Crippen LogP) is 3.26. The van der Waals surface area contributed by atoms with E-state index in [0.29, 0.717) is 11.5 Å². The highest BCUT2D eigenvalue weighted by molar-refractivity contribution is 14.1. The fourth-order valence-electron chi connectivity index (χ4n) is 2.78. The first-order chi connectivity index (χ1) is 7.28. The molecule has 1 N–H and O–H groups in total. The molecule has 0 aromatic carbocycles. The van der Waals surface area contributed by atoms with Crippen LogP contribution in [0.1, 0.15) is 46.5 Å². The molecule has 0 aliphatic heterocycles. The highest BCUT2D eigenvalue weighted by atomic mass is 127. The fraction of sp³-hybridized carbons (Fsp3) is 0.917. The smallest absolute Gasteiger partial charge is 0.407 e. The van der Waals surface area contributed by atoms with Gasteiger partial charge in [-0.05, 0) is 51.9 Å². The number of ether oxygens (including phenoxy) is 1. The van der Waals surface area contributed by atoms with Gasteiger partial charge in [0.15, 0.2) is 0 Å². The van der Waals surface area contributed by atoms with Crippen molar-refractivity contribution in [3.05, 3.63) is 0 Å². The van der Waals surface area contributed by atoms with Crippen LogP contribution in [0.2, 0.25) is 0 Å². The SMILES string of the molecule is CC(C)(C)OC(=O)NC1CC2(CC(I)C2)C1. The molecule has 0 saturated heterocycles. The Morgan fingerprint density at radius 2 is 1.88 bits per heavy atom. The van der Waals surface area contributed by atoms with Crippen molar-refractivity contribution in [1.29, 1.82) is 0 Å². The van der Waals surface area contributed by atoms with Crippen LogP contribution in [0.15, 0.2) is 0 Å². The molecule has 2 fully saturated rings. The number of amides is 1. The van der Waals surface area contributed by atoms with E-state index in [1.807, 2.05) is 20.8 Å². The van der Waals surface area contributed by atoms with Crippen molar-refractivity contribution in [2.45, 2.75) is 62.0 Å². The zero-order chi connectivity index (χ0) is 12.0. The van der Waals surface area contributed by atoms with Crippen LogP contribution < -0.4 is 5.32 Å². The summed E-state index contributed by atoms with van der Waals surface area (Å²) < 4.78 is 6.09. The number of alkyl carbamates (subject to hydrolysis) is 1. The molecule has 2 rings (SSSR count). The molecule has 0 bridgehead atoms. The van der Waals surface area contributed by atoms with Crippen LogP contribution in [-0.4, -0.2) is 21.7 Å². The first-order valence-corrected chi connectivity index (χ1v) is 7.16. The number of hydrogen-bond acceptors (Lipinski definition) is 2. The summed E-state index contributed by atoms with van der Waals surface area (Å²) in [5, 5.41) is 2.95. The molecule has 16 heavy (non-hydrogen) atoms. The van der Waals surface area contributed by atoms with Gasteiger partial charge in [0.25, 0.3) is 0 Å². The van der Waals surface area contributed by atoms with Crippen molar-refractivity contribution in [2.24, 2.45) is 5.41 Å². The molecular weight excluding hydrogens is 317 g/mol. The molecule has 1 spiro atoms. The first kappa shape index (κ1) is 12.5. The van der Waals surface area contributed by atoms with Gasteiger partial charge in [-0.1, -0.05) is 22.6 Å². The average molecular weight is 337 g/mol. The molecule has 3 nitrogen and oxygen atoms in total. The third-order valence-corrected chi connectivity index (χ3v) is 4.27. The lowest BCUT2D eigenvalue weighted by Gasteiger charge is -2.56. The monoisotopic (exact) mass is 337 g/mol. The number of alkyl halides is 1. The Kier molecular flexibility index (Phi) is 3.14. The van der Waals surface area contributed by atoms with E-state index >= 15 is 0 Å². The first-order valence-electron chi connectivity index (χ1n) is 5.92. The average Bonchev–Trinajstić information content (AvgIpc) is 1.93. The van der Waals surface area contributed by atoms with Crippen molar-refractivity contribution in [3.8, 4) is 0 Å². The Morgan fingerprint density at radius 3 is 2.31 bits per heavy atom. The molecule has 1 amide bonds. The molecule has 92 valence electrons. The van der Waals surface area contributed by atoms with Gasteiger partial charge in [0.05, 0.1) is 0 Å². The number of nitrogens with one attached hydrogen (secondary N) is 1. The number of hydrogen-bond donors (Lipinski definition) is 1. The van der Waals surface area contributed by atoms with E-state index in [0.717, 1.165) is 16.8 Å². The van der Waals surface area contributed by atoms with Gasteiger partial charge in [-0.25, -0.2) is 4.79 Å². The van der Waals surface area contributed by atoms with E-state index in [1.165, 1.54) is 12.8 Å². The summed E-state index contributed by atoms with van der Waals surface area (Å²) >= 11 is 2.51. The zero-order valence-corrected chi connectivity index (χ0v) is 12.3. The summed E-state index contributed by atoms with van der Waals surface area (Å²) in [6, 6.07) is 0.346. The minimum Gasteiger partial charge on any atom is -0.444 e. The maximum absolute atomic E-state index is 11.5. The molecule has 0 aromatic heterocycles. The second-order valence-electron chi connectivity index (χ2n) is 6.26. The van der Waals surface area contributed by atoms with Crippen LogP contribution in [-0.2, 0) is 4.74 Å². The van der Waals surface area contributed by atoms with Crippen LogP contribution >= 0.6 is 22.6 Å². The maximum atomic E-state index is 11.5. The second-order valence-corrected chi connectivity index (χ2v) is 8.02. The highest BCUT2D eigenvalue weighted by Crippen LogP contribution is 2.58. The topological polar surface area (TPSA) is 38.3 Å². The largest absolute Gasteiger partial charge is 0.444 e. The molecule has 2 aliphatic carbocycles. The third-order valence-electron chi connectivity index (χ3n) is 3.39. The Hall–Kier alpha value is 0. The highest BCUT2D eigenvalue weighted by Gasteiger charge is 2.52. The molecule has 0 radical (unpaired) electrons. The van der Waals surface area contributed by atoms with E-state index in [4.69, 9.17) is 4.74 Å². The van der Waals surface area contributed by atoms with E-state index in [2.05, 4.69) is 27.9 Å². The lowest BCUT2D eigenvalue weighted by molar-refractivity contribution is -0.00237. The van der Waals surface area contributed by atoms with E-state index in [1.54, 1.807) is 0 Å². The molecular formula is C12H20INO2. The predicted molar refractivity (Wildman–Crippen MR) is 71.9 cm³/mol. The summed E-state index contributed by atoms with van der Waals surface area (Å²) in [6.45, 7) is 5.67. The number of carbonyl (C=O) groups excluding carboxylic acids is 1. The van der Waals surface area contributed by atoms with Crippen molar-refractivity contribution >= 4 is 28.7 Å². The summed E-state index contributed by atoms with van der Waals surface area (Å²) in [5.74, 6) is 0. The standard InChI is InChI=1S/C12H20INO2/c1-11(2,3)16-10(15)14-9-6-12(7-9)4-8(13)5-12/h8-9H,4-7H2,1-3H3,(H,14,15). The van der Waals surface area contributed by atoms with Gasteiger partial charge in [-0.3, -0.25) is 0 Å². The van der Waals surface area contributed by atoms with Gasteiger partial charge >= 0.3 is 6.09 Å². The number of halogens is 1. The van der Waals surface area contributed by atoms with Crippen LogP contribution in [0, 0.1) is 5.41 Å². The quantitative estimate of drug-likeness (QED) is 0.589. The third kappa shape index (κ3) is 2.81. The normalized spacial score (nSPS) is 37.5. The van der Waals surface area contributed by atoms with Crippen LogP contribution in [0.4, 0.5) is 4.79 Å². The Labute approximate surface area is 111 Å². The Balaban J connectivity index is 1.68. The zero-order valence-electron chi connectivity index (χ0n) is 10.2. The summed E-state index contributed by atoms with van der Waals surface area (Å²) in [7, 11) is 0. The van der Waals surface area contributed by atoms with Gasteiger partial charge in [-0.2, -0.15) is 0 Å². The van der Waals surface area contributed by atoms with Gasteiger partial charge in [0, 0.05) is 9.97 Å². The van der Waals surface area contributed by atoms with Gasteiger partial charge < -0.3 is 10.1 Å². The maximum Gasteiger partial charge on any atom is 0.407 e. The summed E-state index contributed by atoms with van der Waals surface area (Å²) in [4.78, 5) is 11.5. The van der Waals surface area contributed by atoms with Gasteiger partial charge in [-0.15, -0.1) is 0 Å². The lowest BCUT2D eigenvalue weighted by atomic mass is 9.54. The molecule has 0 unspecified atom stereocenters. The summed E-state index contributed by atoms with van der Waals surface area (Å²) in [6.07, 6.45) is 4.69. The Morgan fingerprint density at radius 1 is 1.31 bits per heavy atom. The fourth-order valence-corrected chi connectivity index (χ4v) is 4.64. The molecule has 0 heterocycles. The van der Waals surface area contributed by atoms with Gasteiger partial charge in [0.1, 0.15) is 5.60 Å². The number of rotatable bonds is 1. The van der Waals surface area contributed by atoms with E-state index in [9.17, 15) is 4.79 Å². The van der Waals surface area contributed by atoms with Crippen molar-refractivity contribution in [1.82, 2.24) is 5.32 Å². The van der Waals surface area contributed by atoms with Crippen molar-refractivity contribution in [3.63, 3.8) is 0 Å². The van der Waals surface area contributed by atoms with Crippen molar-refractivity contribution in [2.75, 3.05) is 0 Å². The lowest BCUT2D eigenvalue weighted by Crippen LogP contribution is -2.57. The van der Waals surface area contributed by atoms with E-state index < -0.39 is 5.60 Å². The second kappa shape index (κ2) is 4.03. The van der Waals surface area contributed by atoms with Crippen LogP contribution in [0.5, 0.6) is 0 Å². The minimum atomic E-state index is -0.394. The minimum absolute atomic E-state index is 0.266. The summed E-state index contributed by atoms with van der Waals surface area (Å²) in [5.41, 5.74) is 0.181. The van der Waals surface area contributed by atoms with Crippen LogP contribution in [0.3, 0.4) is 0 Å². The molecule has 4 heteroatoms. The van der Waals surface area contributed by atoms with Gasteiger partial charge in [0.2, 0.25) is 0 Å². The molecule has 2 saturated carbocycles. The van der Waals surface area contributed by atoms with E-state index in [-0.39, 0.29) is 6.09 Å². The number of carbonyl (C=O) groups is 1. The Bertz CT molecular complexity index is 284. The molecule has 0 atom stereocenters.